The van der Waals surface area contributed by atoms with Crippen molar-refractivity contribution in [2.24, 2.45) is 0 Å². The topological polar surface area (TPSA) is 40.5 Å². The average molecular weight is 211 g/mol. The summed E-state index contributed by atoms with van der Waals surface area (Å²) in [5, 5.41) is 0. The first-order valence-electron chi connectivity index (χ1n) is 4.71. The highest BCUT2D eigenvalue weighted by Gasteiger charge is 2.29. The van der Waals surface area contributed by atoms with Crippen molar-refractivity contribution >= 4 is 11.3 Å². The highest BCUT2D eigenvalue weighted by Crippen LogP contribution is 2.32. The third kappa shape index (κ3) is 1.87. The summed E-state index contributed by atoms with van der Waals surface area (Å²) in [6, 6.07) is 10.0. The van der Waals surface area contributed by atoms with Crippen molar-refractivity contribution in [2.75, 3.05) is 6.54 Å². The Morgan fingerprint density at radius 3 is 2.71 bits per heavy atom. The van der Waals surface area contributed by atoms with Crippen LogP contribution in [0.2, 0.25) is 0 Å². The Kier molecular flexibility index (Phi) is 2.96. The SMILES string of the molecule is O=S(O)N1CCC[C@H]1c1ccccc1. The van der Waals surface area contributed by atoms with E-state index in [-0.39, 0.29) is 6.04 Å². The van der Waals surface area contributed by atoms with Gasteiger partial charge in [-0.15, -0.1) is 0 Å². The van der Waals surface area contributed by atoms with E-state index in [1.165, 1.54) is 0 Å². The summed E-state index contributed by atoms with van der Waals surface area (Å²) in [7, 11) is 0. The van der Waals surface area contributed by atoms with Gasteiger partial charge in [-0.2, -0.15) is 4.31 Å². The first kappa shape index (κ1) is 9.83. The zero-order chi connectivity index (χ0) is 9.97. The van der Waals surface area contributed by atoms with Crippen LogP contribution in [0.5, 0.6) is 0 Å². The van der Waals surface area contributed by atoms with Crippen LogP contribution in [0.3, 0.4) is 0 Å². The smallest absolute Gasteiger partial charge is 0.235 e. The van der Waals surface area contributed by atoms with Gasteiger partial charge in [0.05, 0.1) is 0 Å². The molecule has 0 radical (unpaired) electrons. The highest BCUT2D eigenvalue weighted by atomic mass is 32.2. The zero-order valence-electron chi connectivity index (χ0n) is 7.80. The predicted molar refractivity (Wildman–Crippen MR) is 55.9 cm³/mol. The number of nitrogens with zero attached hydrogens (tertiary/aromatic N) is 1. The fraction of sp³-hybridized carbons (Fsp3) is 0.400. The number of rotatable bonds is 2. The molecular formula is C10H13NO2S. The van der Waals surface area contributed by atoms with E-state index in [1.807, 2.05) is 30.3 Å². The van der Waals surface area contributed by atoms with Crippen molar-refractivity contribution in [3.05, 3.63) is 35.9 Å². The lowest BCUT2D eigenvalue weighted by Crippen LogP contribution is -2.24. The van der Waals surface area contributed by atoms with E-state index in [9.17, 15) is 4.21 Å². The molecule has 1 saturated heterocycles. The Bertz CT molecular complexity index is 328. The Morgan fingerprint density at radius 2 is 2.07 bits per heavy atom. The maximum absolute atomic E-state index is 11.0. The summed E-state index contributed by atoms with van der Waals surface area (Å²) in [5.74, 6) is 0. The van der Waals surface area contributed by atoms with Crippen LogP contribution in [0.1, 0.15) is 24.4 Å². The van der Waals surface area contributed by atoms with Gasteiger partial charge in [0, 0.05) is 12.6 Å². The van der Waals surface area contributed by atoms with Crippen LogP contribution in [0.25, 0.3) is 0 Å². The molecule has 0 spiro atoms. The van der Waals surface area contributed by atoms with Gasteiger partial charge in [-0.25, -0.2) is 4.21 Å². The maximum atomic E-state index is 11.0. The first-order chi connectivity index (χ1) is 6.79. The summed E-state index contributed by atoms with van der Waals surface area (Å²) in [5.41, 5.74) is 1.13. The second-order valence-corrected chi connectivity index (χ2v) is 4.37. The van der Waals surface area contributed by atoms with Gasteiger partial charge in [0.2, 0.25) is 11.3 Å². The minimum Gasteiger partial charge on any atom is -0.294 e. The molecule has 3 nitrogen and oxygen atoms in total. The Hall–Kier alpha value is -0.710. The number of hydrogen-bond acceptors (Lipinski definition) is 1. The number of benzene rings is 1. The van der Waals surface area contributed by atoms with E-state index in [1.54, 1.807) is 4.31 Å². The fourth-order valence-corrected chi connectivity index (χ4v) is 2.67. The molecule has 0 amide bonds. The molecule has 1 aliphatic rings. The Balaban J connectivity index is 2.22. The molecule has 0 aromatic heterocycles. The van der Waals surface area contributed by atoms with E-state index in [2.05, 4.69) is 0 Å². The normalized spacial score (nSPS) is 25.1. The standard InChI is InChI=1S/C10H13NO2S/c12-14(13)11-8-4-7-10(11)9-5-2-1-3-6-9/h1-3,5-6,10H,4,7-8H2,(H,12,13)/t10-/m0/s1. The van der Waals surface area contributed by atoms with E-state index < -0.39 is 11.3 Å². The molecule has 14 heavy (non-hydrogen) atoms. The molecule has 1 fully saturated rings. The predicted octanol–water partition coefficient (Wildman–Crippen LogP) is 1.96. The van der Waals surface area contributed by atoms with Crippen molar-refractivity contribution in [1.82, 2.24) is 4.31 Å². The minimum atomic E-state index is -1.84. The molecule has 76 valence electrons. The molecular weight excluding hydrogens is 198 g/mol. The van der Waals surface area contributed by atoms with Gasteiger partial charge in [-0.3, -0.25) is 4.55 Å². The molecule has 1 heterocycles. The summed E-state index contributed by atoms with van der Waals surface area (Å²) in [4.78, 5) is 0. The van der Waals surface area contributed by atoms with Gasteiger partial charge in [0.25, 0.3) is 0 Å². The molecule has 4 heteroatoms. The first-order valence-corrected chi connectivity index (χ1v) is 5.78. The summed E-state index contributed by atoms with van der Waals surface area (Å²) < 4.78 is 21.7. The van der Waals surface area contributed by atoms with Gasteiger partial charge in [0.1, 0.15) is 0 Å². The summed E-state index contributed by atoms with van der Waals surface area (Å²) >= 11 is -1.84. The van der Waals surface area contributed by atoms with Crippen LogP contribution in [-0.2, 0) is 11.3 Å². The second kappa shape index (κ2) is 4.21. The zero-order valence-corrected chi connectivity index (χ0v) is 8.61. The van der Waals surface area contributed by atoms with E-state index in [0.29, 0.717) is 6.54 Å². The molecule has 1 unspecified atom stereocenters. The Morgan fingerprint density at radius 1 is 1.36 bits per heavy atom. The molecule has 1 aliphatic heterocycles. The Labute approximate surface area is 86.2 Å². The van der Waals surface area contributed by atoms with Crippen LogP contribution < -0.4 is 0 Å². The lowest BCUT2D eigenvalue weighted by molar-refractivity contribution is 0.383. The van der Waals surface area contributed by atoms with Crippen molar-refractivity contribution in [3.8, 4) is 0 Å². The molecule has 1 aromatic carbocycles. The van der Waals surface area contributed by atoms with Crippen LogP contribution in [0.4, 0.5) is 0 Å². The van der Waals surface area contributed by atoms with E-state index >= 15 is 0 Å². The van der Waals surface area contributed by atoms with Gasteiger partial charge in [0.15, 0.2) is 0 Å². The van der Waals surface area contributed by atoms with E-state index in [4.69, 9.17) is 4.55 Å². The van der Waals surface area contributed by atoms with Crippen molar-refractivity contribution in [2.45, 2.75) is 18.9 Å². The van der Waals surface area contributed by atoms with Crippen LogP contribution in [-0.4, -0.2) is 19.6 Å². The van der Waals surface area contributed by atoms with Crippen molar-refractivity contribution in [1.29, 1.82) is 0 Å². The second-order valence-electron chi connectivity index (χ2n) is 3.44. The summed E-state index contributed by atoms with van der Waals surface area (Å²) in [6.45, 7) is 0.711. The van der Waals surface area contributed by atoms with Crippen LogP contribution >= 0.6 is 0 Å². The highest BCUT2D eigenvalue weighted by molar-refractivity contribution is 7.76. The van der Waals surface area contributed by atoms with Crippen molar-refractivity contribution < 1.29 is 8.76 Å². The third-order valence-corrected chi connectivity index (χ3v) is 3.43. The fourth-order valence-electron chi connectivity index (χ4n) is 1.94. The van der Waals surface area contributed by atoms with Crippen LogP contribution in [0.15, 0.2) is 30.3 Å². The lowest BCUT2D eigenvalue weighted by atomic mass is 10.1. The molecule has 0 aliphatic carbocycles. The summed E-state index contributed by atoms with van der Waals surface area (Å²) in [6.07, 6.45) is 1.96. The largest absolute Gasteiger partial charge is 0.294 e. The quantitative estimate of drug-likeness (QED) is 0.760. The van der Waals surface area contributed by atoms with E-state index in [0.717, 1.165) is 18.4 Å². The average Bonchev–Trinajstić information content (AvgIpc) is 2.67. The number of hydrogen-bond donors (Lipinski definition) is 1. The molecule has 0 bridgehead atoms. The molecule has 2 rings (SSSR count). The van der Waals surface area contributed by atoms with Gasteiger partial charge >= 0.3 is 0 Å². The van der Waals surface area contributed by atoms with Gasteiger partial charge in [-0.05, 0) is 18.4 Å². The monoisotopic (exact) mass is 211 g/mol. The maximum Gasteiger partial charge on any atom is 0.235 e. The van der Waals surface area contributed by atoms with Crippen molar-refractivity contribution in [3.63, 3.8) is 0 Å². The van der Waals surface area contributed by atoms with Gasteiger partial charge < -0.3 is 0 Å². The van der Waals surface area contributed by atoms with Gasteiger partial charge in [-0.1, -0.05) is 30.3 Å². The third-order valence-electron chi connectivity index (χ3n) is 2.59. The minimum absolute atomic E-state index is 0.113. The molecule has 1 N–H and O–H groups in total. The molecule has 0 saturated carbocycles. The molecule has 2 atom stereocenters. The lowest BCUT2D eigenvalue weighted by Gasteiger charge is -2.19. The molecule has 1 aromatic rings. The van der Waals surface area contributed by atoms with Crippen LogP contribution in [0, 0.1) is 0 Å².